The molecule has 0 aliphatic carbocycles. The van der Waals surface area contributed by atoms with Crippen molar-refractivity contribution in [1.29, 1.82) is 0 Å². The Morgan fingerprint density at radius 2 is 2.15 bits per heavy atom. The highest BCUT2D eigenvalue weighted by Gasteiger charge is 2.37. The maximum absolute atomic E-state index is 13.5. The average Bonchev–Trinajstić information content (AvgIpc) is 3.40. The lowest BCUT2D eigenvalue weighted by molar-refractivity contribution is 0.0987. The van der Waals surface area contributed by atoms with Gasteiger partial charge in [-0.1, -0.05) is 17.8 Å². The van der Waals surface area contributed by atoms with Gasteiger partial charge >= 0.3 is 5.76 Å². The number of amides is 1. The van der Waals surface area contributed by atoms with Crippen molar-refractivity contribution in [2.24, 2.45) is 0 Å². The molecule has 5 rings (SSSR count). The van der Waals surface area contributed by atoms with Crippen molar-refractivity contribution in [2.45, 2.75) is 37.0 Å². The number of alkyl halides is 2. The van der Waals surface area contributed by atoms with Crippen LogP contribution in [-0.4, -0.2) is 57.5 Å². The first kappa shape index (κ1) is 21.6. The van der Waals surface area contributed by atoms with Crippen molar-refractivity contribution >= 4 is 29.2 Å². The zero-order valence-corrected chi connectivity index (χ0v) is 18.5. The van der Waals surface area contributed by atoms with Crippen LogP contribution in [-0.2, 0) is 6.54 Å². The number of fused-ring (bicyclic) bond motifs is 3. The van der Waals surface area contributed by atoms with Gasteiger partial charge in [-0.25, -0.2) is 23.5 Å². The van der Waals surface area contributed by atoms with Crippen molar-refractivity contribution in [3.8, 4) is 11.5 Å². The van der Waals surface area contributed by atoms with Crippen LogP contribution in [0, 0.1) is 0 Å². The second kappa shape index (κ2) is 8.58. The Hall–Kier alpha value is -3.28. The molecule has 1 atom stereocenters. The SMILES string of the molecule is CSc1ncc2c(n1)N1CCC[C@H]1CN(c1cccc(-c3nn(CC(F)F)c(=O)o3)c1)C2=O. The standard InChI is InChI=1S/C21H20F2N6O3S/c1-33-20-24-9-15-17(25-20)27-7-3-6-14(27)10-28(19(15)30)13-5-2-4-12(8-13)18-26-29(11-16(22)23)21(31)32-18/h2,4-5,8-9,14,16H,3,6-7,10-11H2,1H3/t14-/m0/s1. The molecule has 0 N–H and O–H groups in total. The molecule has 3 aromatic rings. The number of anilines is 2. The fourth-order valence-corrected chi connectivity index (χ4v) is 4.60. The van der Waals surface area contributed by atoms with Gasteiger partial charge in [0.25, 0.3) is 12.3 Å². The smallest absolute Gasteiger partial charge is 0.388 e. The van der Waals surface area contributed by atoms with E-state index < -0.39 is 18.7 Å². The van der Waals surface area contributed by atoms with Crippen LogP contribution >= 0.6 is 11.8 Å². The van der Waals surface area contributed by atoms with Gasteiger partial charge in [0, 0.05) is 36.6 Å². The first-order valence-corrected chi connectivity index (χ1v) is 11.6. The van der Waals surface area contributed by atoms with Crippen LogP contribution in [0.1, 0.15) is 23.2 Å². The minimum Gasteiger partial charge on any atom is -0.388 e. The summed E-state index contributed by atoms with van der Waals surface area (Å²) < 4.78 is 31.0. The highest BCUT2D eigenvalue weighted by Crippen LogP contribution is 2.35. The number of carbonyl (C=O) groups excluding carboxylic acids is 1. The highest BCUT2D eigenvalue weighted by atomic mass is 32.2. The third kappa shape index (κ3) is 3.99. The molecule has 1 saturated heterocycles. The van der Waals surface area contributed by atoms with E-state index in [9.17, 15) is 18.4 Å². The van der Waals surface area contributed by atoms with Gasteiger partial charge in [-0.2, -0.15) is 4.68 Å². The lowest BCUT2D eigenvalue weighted by atomic mass is 10.1. The maximum Gasteiger partial charge on any atom is 0.437 e. The van der Waals surface area contributed by atoms with Crippen LogP contribution < -0.4 is 15.6 Å². The van der Waals surface area contributed by atoms with Crippen molar-refractivity contribution in [2.75, 3.05) is 29.1 Å². The number of hydrogen-bond donors (Lipinski definition) is 0. The third-order valence-corrected chi connectivity index (χ3v) is 6.33. The lowest BCUT2D eigenvalue weighted by Gasteiger charge is -2.27. The summed E-state index contributed by atoms with van der Waals surface area (Å²) in [6.45, 7) is 0.423. The zero-order chi connectivity index (χ0) is 23.1. The minimum absolute atomic E-state index is 0.0828. The largest absolute Gasteiger partial charge is 0.437 e. The summed E-state index contributed by atoms with van der Waals surface area (Å²) in [7, 11) is 0. The summed E-state index contributed by atoms with van der Waals surface area (Å²) >= 11 is 1.42. The van der Waals surface area contributed by atoms with Crippen LogP contribution in [0.25, 0.3) is 11.5 Å². The first-order valence-electron chi connectivity index (χ1n) is 10.4. The van der Waals surface area contributed by atoms with E-state index in [1.165, 1.54) is 11.8 Å². The van der Waals surface area contributed by atoms with Gasteiger partial charge in [-0.05, 0) is 37.3 Å². The normalized spacial score (nSPS) is 17.9. The summed E-state index contributed by atoms with van der Waals surface area (Å²) in [5, 5.41) is 4.48. The van der Waals surface area contributed by atoms with Crippen molar-refractivity contribution < 1.29 is 18.0 Å². The van der Waals surface area contributed by atoms with E-state index in [0.29, 0.717) is 39.0 Å². The van der Waals surface area contributed by atoms with E-state index in [0.717, 1.165) is 19.4 Å². The second-order valence-electron chi connectivity index (χ2n) is 7.80. The average molecular weight is 474 g/mol. The number of aromatic nitrogens is 4. The van der Waals surface area contributed by atoms with Gasteiger partial charge in [-0.3, -0.25) is 4.79 Å². The number of hydrogen-bond acceptors (Lipinski definition) is 8. The van der Waals surface area contributed by atoms with Crippen LogP contribution in [0.2, 0.25) is 0 Å². The fraction of sp³-hybridized carbons (Fsp3) is 0.381. The lowest BCUT2D eigenvalue weighted by Crippen LogP contribution is -2.39. The van der Waals surface area contributed by atoms with E-state index in [-0.39, 0.29) is 17.8 Å². The highest BCUT2D eigenvalue weighted by molar-refractivity contribution is 7.98. The molecule has 33 heavy (non-hydrogen) atoms. The number of benzene rings is 1. The Labute approximate surface area is 191 Å². The summed E-state index contributed by atoms with van der Waals surface area (Å²) in [5.41, 5.74) is 1.42. The van der Waals surface area contributed by atoms with E-state index >= 15 is 0 Å². The van der Waals surface area contributed by atoms with E-state index in [2.05, 4.69) is 20.0 Å². The molecule has 9 nitrogen and oxygen atoms in total. The monoisotopic (exact) mass is 474 g/mol. The summed E-state index contributed by atoms with van der Waals surface area (Å²) in [5.74, 6) is -0.620. The molecule has 12 heteroatoms. The summed E-state index contributed by atoms with van der Waals surface area (Å²) in [6.07, 6.45) is 2.65. The molecule has 1 amide bonds. The van der Waals surface area contributed by atoms with Crippen molar-refractivity contribution in [3.63, 3.8) is 0 Å². The van der Waals surface area contributed by atoms with Gasteiger partial charge in [0.15, 0.2) is 5.16 Å². The molecule has 0 unspecified atom stereocenters. The number of thioether (sulfide) groups is 1. The fourth-order valence-electron chi connectivity index (χ4n) is 4.27. The molecule has 1 aromatic carbocycles. The van der Waals surface area contributed by atoms with Crippen LogP contribution in [0.5, 0.6) is 0 Å². The van der Waals surface area contributed by atoms with Crippen LogP contribution in [0.4, 0.5) is 20.3 Å². The molecule has 0 saturated carbocycles. The van der Waals surface area contributed by atoms with Crippen molar-refractivity contribution in [1.82, 2.24) is 19.7 Å². The number of halogens is 2. The Morgan fingerprint density at radius 1 is 1.30 bits per heavy atom. The summed E-state index contributed by atoms with van der Waals surface area (Å²) in [4.78, 5) is 38.1. The van der Waals surface area contributed by atoms with Gasteiger partial charge in [0.1, 0.15) is 17.9 Å². The third-order valence-electron chi connectivity index (χ3n) is 5.77. The quantitative estimate of drug-likeness (QED) is 0.411. The predicted molar refractivity (Wildman–Crippen MR) is 118 cm³/mol. The molecular formula is C21H20F2N6O3S. The molecule has 0 spiro atoms. The predicted octanol–water partition coefficient (Wildman–Crippen LogP) is 2.91. The van der Waals surface area contributed by atoms with Crippen molar-refractivity contribution in [3.05, 3.63) is 46.6 Å². The molecule has 0 radical (unpaired) electrons. The Bertz CT molecular complexity index is 1260. The van der Waals surface area contributed by atoms with Gasteiger partial charge in [-0.15, -0.1) is 5.10 Å². The molecule has 2 aliphatic heterocycles. The molecular weight excluding hydrogens is 454 g/mol. The van der Waals surface area contributed by atoms with Gasteiger partial charge < -0.3 is 14.2 Å². The maximum atomic E-state index is 13.5. The molecule has 4 heterocycles. The van der Waals surface area contributed by atoms with Gasteiger partial charge in [0.05, 0.1) is 0 Å². The van der Waals surface area contributed by atoms with Crippen LogP contribution in [0.15, 0.2) is 44.8 Å². The zero-order valence-electron chi connectivity index (χ0n) is 17.6. The first-order chi connectivity index (χ1) is 15.9. The van der Waals surface area contributed by atoms with Gasteiger partial charge in [0.2, 0.25) is 5.89 Å². The second-order valence-corrected chi connectivity index (χ2v) is 8.57. The molecule has 1 fully saturated rings. The Balaban J connectivity index is 1.53. The summed E-state index contributed by atoms with van der Waals surface area (Å²) in [6, 6.07) is 6.89. The Kier molecular flexibility index (Phi) is 5.60. The molecule has 172 valence electrons. The van der Waals surface area contributed by atoms with Crippen LogP contribution in [0.3, 0.4) is 0 Å². The topological polar surface area (TPSA) is 97.4 Å². The number of nitrogens with zero attached hydrogens (tertiary/aromatic N) is 6. The van der Waals surface area contributed by atoms with E-state index in [1.54, 1.807) is 35.4 Å². The Morgan fingerprint density at radius 3 is 2.94 bits per heavy atom. The number of carbonyl (C=O) groups is 1. The van der Waals surface area contributed by atoms with E-state index in [4.69, 9.17) is 4.42 Å². The van der Waals surface area contributed by atoms with E-state index in [1.807, 2.05) is 6.26 Å². The molecule has 2 aromatic heterocycles. The molecule has 2 aliphatic rings. The minimum atomic E-state index is -2.73. The molecule has 0 bridgehead atoms. The number of rotatable bonds is 5.